The Hall–Kier alpha value is -0.530. The van der Waals surface area contributed by atoms with Gasteiger partial charge in [-0.3, -0.25) is 0 Å². The summed E-state index contributed by atoms with van der Waals surface area (Å²) in [6.45, 7) is 6.48. The minimum Gasteiger partial charge on any atom is -0.312 e. The SMILES string of the molecule is Cc1cccc(C)c1CNCC1CCCC(Cl)C1. The second kappa shape index (κ2) is 6.58. The molecule has 0 bridgehead atoms. The first kappa shape index (κ1) is 13.9. The molecule has 2 rings (SSSR count). The summed E-state index contributed by atoms with van der Waals surface area (Å²) in [4.78, 5) is 0. The lowest BCUT2D eigenvalue weighted by Crippen LogP contribution is -2.27. The fourth-order valence-electron chi connectivity index (χ4n) is 2.94. The maximum absolute atomic E-state index is 6.23. The van der Waals surface area contributed by atoms with Gasteiger partial charge >= 0.3 is 0 Å². The highest BCUT2D eigenvalue weighted by Crippen LogP contribution is 2.27. The Morgan fingerprint density at radius 1 is 1.22 bits per heavy atom. The number of aryl methyl sites for hydroxylation is 2. The van der Waals surface area contributed by atoms with Crippen molar-refractivity contribution in [2.24, 2.45) is 5.92 Å². The van der Waals surface area contributed by atoms with E-state index >= 15 is 0 Å². The summed E-state index contributed by atoms with van der Waals surface area (Å²) in [5.41, 5.74) is 4.23. The fourth-order valence-corrected chi connectivity index (χ4v) is 3.35. The third-order valence-electron chi connectivity index (χ3n) is 4.10. The van der Waals surface area contributed by atoms with Gasteiger partial charge in [-0.15, -0.1) is 11.6 Å². The second-order valence-electron chi connectivity index (χ2n) is 5.63. The van der Waals surface area contributed by atoms with Crippen LogP contribution in [0.5, 0.6) is 0 Å². The van der Waals surface area contributed by atoms with Crippen LogP contribution in [0.2, 0.25) is 0 Å². The van der Waals surface area contributed by atoms with Gasteiger partial charge in [0.25, 0.3) is 0 Å². The Bertz CT molecular complexity index is 368. The monoisotopic (exact) mass is 265 g/mol. The molecule has 2 heteroatoms. The van der Waals surface area contributed by atoms with E-state index in [2.05, 4.69) is 37.4 Å². The van der Waals surface area contributed by atoms with Crippen LogP contribution in [-0.2, 0) is 6.54 Å². The van der Waals surface area contributed by atoms with Crippen LogP contribution in [0.25, 0.3) is 0 Å². The molecule has 1 aromatic carbocycles. The van der Waals surface area contributed by atoms with E-state index in [4.69, 9.17) is 11.6 Å². The van der Waals surface area contributed by atoms with Gasteiger partial charge in [-0.25, -0.2) is 0 Å². The van der Waals surface area contributed by atoms with Crippen molar-refractivity contribution in [2.45, 2.75) is 51.5 Å². The van der Waals surface area contributed by atoms with E-state index in [9.17, 15) is 0 Å². The van der Waals surface area contributed by atoms with Gasteiger partial charge in [0, 0.05) is 11.9 Å². The molecule has 0 spiro atoms. The predicted molar refractivity (Wildman–Crippen MR) is 79.2 cm³/mol. The molecule has 0 heterocycles. The first-order valence-electron chi connectivity index (χ1n) is 7.06. The van der Waals surface area contributed by atoms with Crippen LogP contribution in [0.4, 0.5) is 0 Å². The largest absolute Gasteiger partial charge is 0.312 e. The molecule has 1 aromatic rings. The van der Waals surface area contributed by atoms with Crippen molar-refractivity contribution in [1.29, 1.82) is 0 Å². The highest BCUT2D eigenvalue weighted by molar-refractivity contribution is 6.20. The number of hydrogen-bond acceptors (Lipinski definition) is 1. The summed E-state index contributed by atoms with van der Waals surface area (Å²) in [5, 5.41) is 4.02. The molecule has 1 N–H and O–H groups in total. The summed E-state index contributed by atoms with van der Waals surface area (Å²) < 4.78 is 0. The average Bonchev–Trinajstić information content (AvgIpc) is 2.33. The quantitative estimate of drug-likeness (QED) is 0.805. The fraction of sp³-hybridized carbons (Fsp3) is 0.625. The van der Waals surface area contributed by atoms with Gasteiger partial charge in [0.05, 0.1) is 0 Å². The molecule has 1 aliphatic carbocycles. The molecule has 1 fully saturated rings. The van der Waals surface area contributed by atoms with E-state index in [1.807, 2.05) is 0 Å². The van der Waals surface area contributed by atoms with Crippen molar-refractivity contribution >= 4 is 11.6 Å². The second-order valence-corrected chi connectivity index (χ2v) is 6.25. The molecule has 1 nitrogen and oxygen atoms in total. The van der Waals surface area contributed by atoms with Crippen LogP contribution in [0, 0.1) is 19.8 Å². The van der Waals surface area contributed by atoms with Crippen LogP contribution < -0.4 is 5.32 Å². The first-order valence-corrected chi connectivity index (χ1v) is 7.50. The molecule has 0 amide bonds. The lowest BCUT2D eigenvalue weighted by molar-refractivity contribution is 0.346. The molecule has 0 radical (unpaired) electrons. The molecule has 2 unspecified atom stereocenters. The van der Waals surface area contributed by atoms with Gasteiger partial charge in [0.1, 0.15) is 0 Å². The van der Waals surface area contributed by atoms with Crippen molar-refractivity contribution in [2.75, 3.05) is 6.54 Å². The van der Waals surface area contributed by atoms with Crippen LogP contribution in [0.15, 0.2) is 18.2 Å². The third kappa shape index (κ3) is 3.73. The summed E-state index contributed by atoms with van der Waals surface area (Å²) in [5.74, 6) is 0.769. The van der Waals surface area contributed by atoms with Crippen molar-refractivity contribution in [1.82, 2.24) is 5.32 Å². The summed E-state index contributed by atoms with van der Waals surface area (Å²) in [6.07, 6.45) is 5.02. The molecule has 18 heavy (non-hydrogen) atoms. The lowest BCUT2D eigenvalue weighted by Gasteiger charge is -2.25. The minimum absolute atomic E-state index is 0.408. The van der Waals surface area contributed by atoms with E-state index in [-0.39, 0.29) is 0 Å². The van der Waals surface area contributed by atoms with Crippen LogP contribution in [-0.4, -0.2) is 11.9 Å². The van der Waals surface area contributed by atoms with E-state index in [0.717, 1.165) is 19.0 Å². The van der Waals surface area contributed by atoms with E-state index in [0.29, 0.717) is 5.38 Å². The van der Waals surface area contributed by atoms with Gasteiger partial charge in [0.2, 0.25) is 0 Å². The Balaban J connectivity index is 1.81. The molecular formula is C16H24ClN. The van der Waals surface area contributed by atoms with Crippen molar-refractivity contribution in [3.05, 3.63) is 34.9 Å². The molecule has 0 aliphatic heterocycles. The van der Waals surface area contributed by atoms with Crippen molar-refractivity contribution in [3.63, 3.8) is 0 Å². The molecule has 2 atom stereocenters. The molecule has 0 aromatic heterocycles. The summed E-state index contributed by atoms with van der Waals surface area (Å²) in [7, 11) is 0. The lowest BCUT2D eigenvalue weighted by atomic mass is 9.89. The molecular weight excluding hydrogens is 242 g/mol. The minimum atomic E-state index is 0.408. The van der Waals surface area contributed by atoms with E-state index in [1.54, 1.807) is 0 Å². The van der Waals surface area contributed by atoms with Gasteiger partial charge < -0.3 is 5.32 Å². The third-order valence-corrected chi connectivity index (χ3v) is 4.49. The van der Waals surface area contributed by atoms with Crippen LogP contribution >= 0.6 is 11.6 Å². The number of rotatable bonds is 4. The van der Waals surface area contributed by atoms with Gasteiger partial charge in [0.15, 0.2) is 0 Å². The zero-order valence-corrected chi connectivity index (χ0v) is 12.3. The Morgan fingerprint density at radius 2 is 1.94 bits per heavy atom. The highest BCUT2D eigenvalue weighted by atomic mass is 35.5. The Kier molecular flexibility index (Phi) is 5.08. The molecule has 1 aliphatic rings. The standard InChI is InChI=1S/C16H24ClN/c1-12-5-3-6-13(2)16(12)11-18-10-14-7-4-8-15(17)9-14/h3,5-6,14-15,18H,4,7-11H2,1-2H3. The average molecular weight is 266 g/mol. The molecule has 100 valence electrons. The Morgan fingerprint density at radius 3 is 2.61 bits per heavy atom. The smallest absolute Gasteiger partial charge is 0.0339 e. The summed E-state index contributed by atoms with van der Waals surface area (Å²) >= 11 is 6.23. The summed E-state index contributed by atoms with van der Waals surface area (Å²) in [6, 6.07) is 6.52. The van der Waals surface area contributed by atoms with Crippen LogP contribution in [0.3, 0.4) is 0 Å². The predicted octanol–water partition coefficient (Wildman–Crippen LogP) is 4.19. The first-order chi connectivity index (χ1) is 8.66. The van der Waals surface area contributed by atoms with Gasteiger partial charge in [-0.2, -0.15) is 0 Å². The molecule has 0 saturated heterocycles. The van der Waals surface area contributed by atoms with Crippen molar-refractivity contribution in [3.8, 4) is 0 Å². The number of nitrogens with one attached hydrogen (secondary N) is 1. The van der Waals surface area contributed by atoms with Crippen LogP contribution in [0.1, 0.15) is 42.4 Å². The van der Waals surface area contributed by atoms with E-state index < -0.39 is 0 Å². The van der Waals surface area contributed by atoms with E-state index in [1.165, 1.54) is 42.4 Å². The number of halogens is 1. The van der Waals surface area contributed by atoms with Crippen molar-refractivity contribution < 1.29 is 0 Å². The van der Waals surface area contributed by atoms with Gasteiger partial charge in [-0.1, -0.05) is 24.6 Å². The Labute approximate surface area is 116 Å². The zero-order chi connectivity index (χ0) is 13.0. The highest BCUT2D eigenvalue weighted by Gasteiger charge is 2.19. The number of benzene rings is 1. The number of alkyl halides is 1. The molecule has 1 saturated carbocycles. The van der Waals surface area contributed by atoms with Gasteiger partial charge in [-0.05, 0) is 62.3 Å². The maximum Gasteiger partial charge on any atom is 0.0339 e. The zero-order valence-electron chi connectivity index (χ0n) is 11.5. The number of hydrogen-bond donors (Lipinski definition) is 1. The maximum atomic E-state index is 6.23. The normalized spacial score (nSPS) is 24.2. The topological polar surface area (TPSA) is 12.0 Å².